The SMILES string of the molecule is C=C[C@@H]1CC1(NC(=O)[C@@H]1C[C@@H](Oc2nc3ccccc3nc2-c2cccs2)CN1C(=O)C(C(C)C)N(O)C(=O)OCC)C(=O)O. The lowest BCUT2D eigenvalue weighted by atomic mass is 10.0. The zero-order valence-corrected chi connectivity index (χ0v) is 25.9. The van der Waals surface area contributed by atoms with E-state index in [1.807, 2.05) is 35.7 Å². The van der Waals surface area contributed by atoms with Crippen LogP contribution in [-0.2, 0) is 19.1 Å². The Labute approximate surface area is 263 Å². The van der Waals surface area contributed by atoms with E-state index >= 15 is 0 Å². The van der Waals surface area contributed by atoms with Gasteiger partial charge in [-0.1, -0.05) is 38.1 Å². The molecule has 2 unspecified atom stereocenters. The molecule has 1 aromatic carbocycles. The molecule has 0 radical (unpaired) electrons. The molecule has 2 aliphatic rings. The van der Waals surface area contributed by atoms with Crippen LogP contribution in [0.1, 0.15) is 33.6 Å². The van der Waals surface area contributed by atoms with Gasteiger partial charge in [-0.05, 0) is 42.8 Å². The molecule has 1 saturated carbocycles. The molecule has 5 atom stereocenters. The third-order valence-corrected chi connectivity index (χ3v) is 8.93. The normalized spacial score (nSPS) is 23.0. The number of ether oxygens (including phenoxy) is 2. The van der Waals surface area contributed by atoms with E-state index in [2.05, 4.69) is 11.9 Å². The maximum absolute atomic E-state index is 14.0. The molecule has 0 bridgehead atoms. The quantitative estimate of drug-likeness (QED) is 0.160. The highest BCUT2D eigenvalue weighted by atomic mass is 32.1. The van der Waals surface area contributed by atoms with Gasteiger partial charge in [0.2, 0.25) is 17.7 Å². The summed E-state index contributed by atoms with van der Waals surface area (Å²) in [5, 5.41) is 25.3. The Bertz CT molecular complexity index is 1610. The first-order valence-corrected chi connectivity index (χ1v) is 15.5. The van der Waals surface area contributed by atoms with Gasteiger partial charge in [-0.15, -0.1) is 17.9 Å². The van der Waals surface area contributed by atoms with Gasteiger partial charge < -0.3 is 24.8 Å². The fraction of sp³-hybridized carbons (Fsp3) is 0.419. The number of carboxylic acid groups (broad SMARTS) is 1. The van der Waals surface area contributed by atoms with Crippen molar-refractivity contribution in [3.8, 4) is 16.5 Å². The number of thiophene rings is 1. The number of amides is 3. The highest BCUT2D eigenvalue weighted by Gasteiger charge is 2.61. The minimum atomic E-state index is -1.53. The number of carbonyl (C=O) groups is 4. The van der Waals surface area contributed by atoms with Gasteiger partial charge in [-0.25, -0.2) is 19.6 Å². The molecule has 13 nitrogen and oxygen atoms in total. The maximum Gasteiger partial charge on any atom is 0.434 e. The van der Waals surface area contributed by atoms with E-state index in [4.69, 9.17) is 19.4 Å². The van der Waals surface area contributed by atoms with Crippen LogP contribution in [0.5, 0.6) is 5.88 Å². The number of hydrogen-bond acceptors (Lipinski definition) is 10. The van der Waals surface area contributed by atoms with Crippen molar-refractivity contribution >= 4 is 46.2 Å². The van der Waals surface area contributed by atoms with Crippen molar-refractivity contribution in [1.29, 1.82) is 0 Å². The number of para-hydroxylation sites is 2. The Kier molecular flexibility index (Phi) is 9.07. The number of aromatic nitrogens is 2. The summed E-state index contributed by atoms with van der Waals surface area (Å²) in [5.41, 5.74) is 0.213. The molecular formula is C31H35N5O8S. The molecule has 0 spiro atoms. The van der Waals surface area contributed by atoms with Gasteiger partial charge in [-0.2, -0.15) is 5.06 Å². The highest BCUT2D eigenvalue weighted by molar-refractivity contribution is 7.13. The van der Waals surface area contributed by atoms with E-state index in [0.717, 1.165) is 4.88 Å². The van der Waals surface area contributed by atoms with Gasteiger partial charge in [0.15, 0.2) is 0 Å². The van der Waals surface area contributed by atoms with Crippen LogP contribution in [0.3, 0.4) is 0 Å². The summed E-state index contributed by atoms with van der Waals surface area (Å²) in [7, 11) is 0. The summed E-state index contributed by atoms with van der Waals surface area (Å²) >= 11 is 1.45. The summed E-state index contributed by atoms with van der Waals surface area (Å²) in [6, 6.07) is 8.49. The largest absolute Gasteiger partial charge is 0.479 e. The number of carbonyl (C=O) groups excluding carboxylic acids is 3. The van der Waals surface area contributed by atoms with Crippen molar-refractivity contribution < 1.29 is 39.0 Å². The summed E-state index contributed by atoms with van der Waals surface area (Å²) in [6.07, 6.45) is -0.255. The first-order chi connectivity index (χ1) is 21.5. The third-order valence-electron chi connectivity index (χ3n) is 8.05. The smallest absolute Gasteiger partial charge is 0.434 e. The molecule has 1 aliphatic carbocycles. The molecule has 3 heterocycles. The standard InChI is InChI=1S/C31H35N5O8S/c1-5-18-15-31(18,29(39)40)34-26(37)22-14-19(16-35(22)28(38)25(17(3)4)36(42)30(41)43-6-2)44-27-24(23-12-9-13-45-23)32-20-10-7-8-11-21(20)33-27/h5,7-13,17-19,22,25,42H,1,6,14-16H2,2-4H3,(H,34,37)(H,39,40)/t18-,19-,22+,25?,31?/m1/s1. The summed E-state index contributed by atoms with van der Waals surface area (Å²) < 4.78 is 11.3. The molecule has 1 saturated heterocycles. The van der Waals surface area contributed by atoms with Crippen molar-refractivity contribution in [2.75, 3.05) is 13.2 Å². The van der Waals surface area contributed by atoms with Crippen molar-refractivity contribution in [3.63, 3.8) is 0 Å². The molecule has 1 aliphatic heterocycles. The van der Waals surface area contributed by atoms with E-state index in [0.29, 0.717) is 16.7 Å². The molecular weight excluding hydrogens is 602 g/mol. The van der Waals surface area contributed by atoms with E-state index in [-0.39, 0.29) is 36.9 Å². The maximum atomic E-state index is 14.0. The van der Waals surface area contributed by atoms with Crippen molar-refractivity contribution in [1.82, 2.24) is 25.2 Å². The second-order valence-electron chi connectivity index (χ2n) is 11.4. The van der Waals surface area contributed by atoms with Crippen LogP contribution in [0.2, 0.25) is 0 Å². The minimum absolute atomic E-state index is 0.0138. The molecule has 3 N–H and O–H groups in total. The van der Waals surface area contributed by atoms with E-state index in [1.165, 1.54) is 22.3 Å². The van der Waals surface area contributed by atoms with Gasteiger partial charge >= 0.3 is 12.1 Å². The van der Waals surface area contributed by atoms with Crippen LogP contribution in [-0.4, -0.2) is 91.0 Å². The number of nitrogens with zero attached hydrogens (tertiary/aromatic N) is 4. The third kappa shape index (κ3) is 6.20. The lowest BCUT2D eigenvalue weighted by molar-refractivity contribution is -0.162. The van der Waals surface area contributed by atoms with Crippen molar-refractivity contribution in [2.24, 2.45) is 11.8 Å². The lowest BCUT2D eigenvalue weighted by Gasteiger charge is -2.33. The molecule has 2 fully saturated rings. The van der Waals surface area contributed by atoms with Crippen LogP contribution in [0.15, 0.2) is 54.4 Å². The number of rotatable bonds is 11. The lowest BCUT2D eigenvalue weighted by Crippen LogP contribution is -2.57. The van der Waals surface area contributed by atoms with Crippen LogP contribution >= 0.6 is 11.3 Å². The number of likely N-dealkylation sites (tertiary alicyclic amines) is 1. The van der Waals surface area contributed by atoms with Crippen molar-refractivity contribution in [2.45, 2.75) is 57.3 Å². The summed E-state index contributed by atoms with van der Waals surface area (Å²) in [4.78, 5) is 63.8. The van der Waals surface area contributed by atoms with Gasteiger partial charge in [0.25, 0.3) is 0 Å². The topological polar surface area (TPSA) is 171 Å². The number of nitrogens with one attached hydrogen (secondary N) is 1. The van der Waals surface area contributed by atoms with Gasteiger partial charge in [-0.3, -0.25) is 14.8 Å². The molecule has 3 amide bonds. The van der Waals surface area contributed by atoms with Crippen LogP contribution < -0.4 is 10.1 Å². The van der Waals surface area contributed by atoms with E-state index in [9.17, 15) is 29.5 Å². The zero-order valence-electron chi connectivity index (χ0n) is 25.1. The van der Waals surface area contributed by atoms with E-state index in [1.54, 1.807) is 26.8 Å². The predicted molar refractivity (Wildman–Crippen MR) is 163 cm³/mol. The number of aliphatic carboxylic acids is 1. The van der Waals surface area contributed by atoms with Crippen LogP contribution in [0.25, 0.3) is 21.6 Å². The van der Waals surface area contributed by atoms with Crippen molar-refractivity contribution in [3.05, 3.63) is 54.4 Å². The highest BCUT2D eigenvalue weighted by Crippen LogP contribution is 2.45. The number of benzene rings is 1. The zero-order chi connectivity index (χ0) is 32.5. The molecule has 45 heavy (non-hydrogen) atoms. The van der Waals surface area contributed by atoms with Crippen LogP contribution in [0, 0.1) is 11.8 Å². The van der Waals surface area contributed by atoms with E-state index < -0.39 is 59.4 Å². The fourth-order valence-electron chi connectivity index (χ4n) is 5.64. The fourth-order valence-corrected chi connectivity index (χ4v) is 6.34. The Hall–Kier alpha value is -4.56. The first kappa shape index (κ1) is 31.9. The number of carboxylic acids is 1. The Morgan fingerprint density at radius 3 is 2.49 bits per heavy atom. The number of hydrogen-bond donors (Lipinski definition) is 3. The number of hydroxylamine groups is 2. The predicted octanol–water partition coefficient (Wildman–Crippen LogP) is 3.72. The summed E-state index contributed by atoms with van der Waals surface area (Å²) in [6.45, 7) is 8.37. The summed E-state index contributed by atoms with van der Waals surface area (Å²) in [5.74, 6) is -3.48. The molecule has 3 aromatic rings. The average molecular weight is 638 g/mol. The average Bonchev–Trinajstić information content (AvgIpc) is 3.31. The monoisotopic (exact) mass is 637 g/mol. The molecule has 238 valence electrons. The molecule has 2 aromatic heterocycles. The Balaban J connectivity index is 1.48. The first-order valence-electron chi connectivity index (χ1n) is 14.6. The van der Waals surface area contributed by atoms with Gasteiger partial charge in [0.05, 0.1) is 29.1 Å². The molecule has 5 rings (SSSR count). The number of fused-ring (bicyclic) bond motifs is 1. The van der Waals surface area contributed by atoms with Gasteiger partial charge in [0.1, 0.15) is 29.4 Å². The second-order valence-corrected chi connectivity index (χ2v) is 12.3. The Morgan fingerprint density at radius 1 is 1.20 bits per heavy atom. The van der Waals surface area contributed by atoms with Crippen LogP contribution in [0.4, 0.5) is 4.79 Å². The van der Waals surface area contributed by atoms with Gasteiger partial charge in [0, 0.05) is 12.3 Å². The molecule has 14 heteroatoms. The second kappa shape index (κ2) is 12.8. The Morgan fingerprint density at radius 2 is 1.91 bits per heavy atom. The minimum Gasteiger partial charge on any atom is -0.479 e.